The number of ether oxygens (including phenoxy) is 2. The van der Waals surface area contributed by atoms with E-state index in [-0.39, 0.29) is 6.23 Å². The SMILES string of the molecule is COc1ccc(-c2nc(NCCCCNC(=O)O)nc3c2ncn3C2CCCCO2)cc1. The third kappa shape index (κ3) is 5.08. The fourth-order valence-corrected chi connectivity index (χ4v) is 3.75. The van der Waals surface area contributed by atoms with Crippen molar-refractivity contribution in [3.8, 4) is 17.0 Å². The van der Waals surface area contributed by atoms with Crippen LogP contribution >= 0.6 is 0 Å². The predicted octanol–water partition coefficient (Wildman–Crippen LogP) is 3.66. The fraction of sp³-hybridized carbons (Fsp3) is 0.455. The lowest BCUT2D eigenvalue weighted by Gasteiger charge is -2.24. The first-order chi connectivity index (χ1) is 15.7. The van der Waals surface area contributed by atoms with Crippen molar-refractivity contribution >= 4 is 23.2 Å². The molecule has 3 N–H and O–H groups in total. The maximum absolute atomic E-state index is 10.6. The zero-order chi connectivity index (χ0) is 22.3. The van der Waals surface area contributed by atoms with E-state index in [1.54, 1.807) is 13.4 Å². The van der Waals surface area contributed by atoms with Gasteiger partial charge >= 0.3 is 6.09 Å². The Morgan fingerprint density at radius 1 is 1.22 bits per heavy atom. The second kappa shape index (κ2) is 10.3. The van der Waals surface area contributed by atoms with Gasteiger partial charge in [-0.1, -0.05) is 0 Å². The number of methoxy groups -OCH3 is 1. The average Bonchev–Trinajstić information content (AvgIpc) is 3.25. The van der Waals surface area contributed by atoms with Crippen LogP contribution in [0.1, 0.15) is 38.3 Å². The summed E-state index contributed by atoms with van der Waals surface area (Å²) in [5.74, 6) is 1.28. The number of nitrogens with one attached hydrogen (secondary N) is 2. The second-order valence-electron chi connectivity index (χ2n) is 7.64. The highest BCUT2D eigenvalue weighted by Gasteiger charge is 2.22. The van der Waals surface area contributed by atoms with E-state index in [0.717, 1.165) is 66.9 Å². The van der Waals surface area contributed by atoms with Crippen molar-refractivity contribution in [2.45, 2.75) is 38.3 Å². The molecule has 3 heterocycles. The van der Waals surface area contributed by atoms with E-state index in [1.807, 2.05) is 28.8 Å². The molecule has 10 nitrogen and oxygen atoms in total. The van der Waals surface area contributed by atoms with Crippen LogP contribution in [0.3, 0.4) is 0 Å². The maximum Gasteiger partial charge on any atom is 0.404 e. The van der Waals surface area contributed by atoms with Crippen LogP contribution in [-0.4, -0.2) is 57.5 Å². The van der Waals surface area contributed by atoms with Crippen LogP contribution in [-0.2, 0) is 4.74 Å². The largest absolute Gasteiger partial charge is 0.497 e. The molecule has 0 bridgehead atoms. The van der Waals surface area contributed by atoms with Gasteiger partial charge in [-0.15, -0.1) is 0 Å². The molecule has 32 heavy (non-hydrogen) atoms. The van der Waals surface area contributed by atoms with E-state index in [2.05, 4.69) is 15.6 Å². The summed E-state index contributed by atoms with van der Waals surface area (Å²) in [6.45, 7) is 1.78. The third-order valence-corrected chi connectivity index (χ3v) is 5.41. The first kappa shape index (κ1) is 21.8. The molecule has 0 spiro atoms. The number of rotatable bonds is 9. The number of benzene rings is 1. The zero-order valence-electron chi connectivity index (χ0n) is 18.1. The van der Waals surface area contributed by atoms with Crippen LogP contribution in [0.2, 0.25) is 0 Å². The summed E-state index contributed by atoms with van der Waals surface area (Å²) in [7, 11) is 1.64. The minimum absolute atomic E-state index is 0.0812. The van der Waals surface area contributed by atoms with E-state index in [0.29, 0.717) is 19.0 Å². The molecule has 1 aliphatic heterocycles. The lowest BCUT2D eigenvalue weighted by Crippen LogP contribution is -2.22. The highest BCUT2D eigenvalue weighted by Crippen LogP contribution is 2.31. The summed E-state index contributed by atoms with van der Waals surface area (Å²) in [6, 6.07) is 7.70. The Bertz CT molecular complexity index is 1050. The lowest BCUT2D eigenvalue weighted by molar-refractivity contribution is -0.0298. The Kier molecular flexibility index (Phi) is 7.00. The van der Waals surface area contributed by atoms with Crippen molar-refractivity contribution in [2.24, 2.45) is 0 Å². The third-order valence-electron chi connectivity index (χ3n) is 5.41. The molecule has 1 amide bonds. The number of anilines is 1. The monoisotopic (exact) mass is 440 g/mol. The van der Waals surface area contributed by atoms with Crippen LogP contribution in [0, 0.1) is 0 Å². The van der Waals surface area contributed by atoms with Gasteiger partial charge in [-0.3, -0.25) is 4.57 Å². The summed E-state index contributed by atoms with van der Waals surface area (Å²) in [6.07, 6.45) is 5.30. The molecule has 4 rings (SSSR count). The molecule has 1 aromatic carbocycles. The van der Waals surface area contributed by atoms with Crippen molar-refractivity contribution in [3.05, 3.63) is 30.6 Å². The Morgan fingerprint density at radius 2 is 2.03 bits per heavy atom. The van der Waals surface area contributed by atoms with Crippen molar-refractivity contribution in [3.63, 3.8) is 0 Å². The van der Waals surface area contributed by atoms with Gasteiger partial charge < -0.3 is 25.2 Å². The van der Waals surface area contributed by atoms with Crippen LogP contribution in [0.15, 0.2) is 30.6 Å². The minimum atomic E-state index is -1.01. The molecule has 2 aromatic heterocycles. The molecule has 170 valence electrons. The van der Waals surface area contributed by atoms with Gasteiger partial charge in [-0.25, -0.2) is 14.8 Å². The molecule has 1 saturated heterocycles. The van der Waals surface area contributed by atoms with Gasteiger partial charge in [0.15, 0.2) is 5.65 Å². The highest BCUT2D eigenvalue weighted by atomic mass is 16.5. The van der Waals surface area contributed by atoms with Crippen molar-refractivity contribution in [2.75, 3.05) is 32.1 Å². The normalized spacial score (nSPS) is 16.1. The quantitative estimate of drug-likeness (QED) is 0.431. The summed E-state index contributed by atoms with van der Waals surface area (Å²) < 4.78 is 13.2. The van der Waals surface area contributed by atoms with E-state index < -0.39 is 6.09 Å². The van der Waals surface area contributed by atoms with Crippen molar-refractivity contribution < 1.29 is 19.4 Å². The number of amides is 1. The first-order valence-corrected chi connectivity index (χ1v) is 10.9. The van der Waals surface area contributed by atoms with Crippen LogP contribution < -0.4 is 15.4 Å². The standard InChI is InChI=1S/C22H28N6O4/c1-31-16-9-7-15(8-10-16)18-19-20(28(14-25-19)17-6-2-5-13-32-17)27-21(26-18)23-11-3-4-12-24-22(29)30/h7-10,14,17,24H,2-6,11-13H2,1H3,(H,29,30)(H,23,26,27). The minimum Gasteiger partial charge on any atom is -0.497 e. The average molecular weight is 441 g/mol. The summed E-state index contributed by atoms with van der Waals surface area (Å²) >= 11 is 0. The van der Waals surface area contributed by atoms with E-state index in [4.69, 9.17) is 24.5 Å². The Labute approximate surface area is 186 Å². The molecule has 1 aliphatic rings. The molecule has 1 fully saturated rings. The Balaban J connectivity index is 1.61. The highest BCUT2D eigenvalue weighted by molar-refractivity contribution is 5.88. The number of hydrogen-bond acceptors (Lipinski definition) is 7. The Morgan fingerprint density at radius 3 is 2.75 bits per heavy atom. The molecule has 10 heteroatoms. The van der Waals surface area contributed by atoms with Gasteiger partial charge in [-0.2, -0.15) is 4.98 Å². The second-order valence-corrected chi connectivity index (χ2v) is 7.64. The maximum atomic E-state index is 10.6. The van der Waals surface area contributed by atoms with Crippen molar-refractivity contribution in [1.29, 1.82) is 0 Å². The van der Waals surface area contributed by atoms with Gasteiger partial charge in [0.25, 0.3) is 0 Å². The topological polar surface area (TPSA) is 123 Å². The van der Waals surface area contributed by atoms with E-state index in [1.165, 1.54) is 0 Å². The molecule has 3 aromatic rings. The number of fused-ring (bicyclic) bond motifs is 1. The van der Waals surface area contributed by atoms with Gasteiger partial charge in [0.1, 0.15) is 23.2 Å². The van der Waals surface area contributed by atoms with Crippen LogP contribution in [0.4, 0.5) is 10.7 Å². The smallest absolute Gasteiger partial charge is 0.404 e. The van der Waals surface area contributed by atoms with Crippen molar-refractivity contribution in [1.82, 2.24) is 24.8 Å². The number of nitrogens with zero attached hydrogens (tertiary/aromatic N) is 4. The lowest BCUT2D eigenvalue weighted by atomic mass is 10.1. The number of carbonyl (C=O) groups is 1. The molecule has 0 radical (unpaired) electrons. The van der Waals surface area contributed by atoms with E-state index in [9.17, 15) is 4.79 Å². The molecule has 1 unspecified atom stereocenters. The number of hydrogen-bond donors (Lipinski definition) is 3. The first-order valence-electron chi connectivity index (χ1n) is 10.9. The Hall–Kier alpha value is -3.40. The zero-order valence-corrected chi connectivity index (χ0v) is 18.1. The van der Waals surface area contributed by atoms with Gasteiger partial charge in [0.05, 0.1) is 13.4 Å². The summed E-state index contributed by atoms with van der Waals surface area (Å²) in [5.41, 5.74) is 3.11. The van der Waals surface area contributed by atoms with Crippen LogP contribution in [0.25, 0.3) is 22.4 Å². The van der Waals surface area contributed by atoms with Crippen LogP contribution in [0.5, 0.6) is 5.75 Å². The summed E-state index contributed by atoms with van der Waals surface area (Å²) in [4.78, 5) is 24.7. The van der Waals surface area contributed by atoms with Gasteiger partial charge in [0, 0.05) is 25.3 Å². The predicted molar refractivity (Wildman–Crippen MR) is 120 cm³/mol. The molecular formula is C22H28N6O4. The molecular weight excluding hydrogens is 412 g/mol. The number of unbranched alkanes of at least 4 members (excludes halogenated alkanes) is 1. The molecule has 1 atom stereocenters. The van der Waals surface area contributed by atoms with E-state index >= 15 is 0 Å². The van der Waals surface area contributed by atoms with Gasteiger partial charge in [-0.05, 0) is 56.4 Å². The number of imidazole rings is 1. The molecule has 0 saturated carbocycles. The van der Waals surface area contributed by atoms with Gasteiger partial charge in [0.2, 0.25) is 5.95 Å². The fourth-order valence-electron chi connectivity index (χ4n) is 3.75. The number of aromatic nitrogens is 4. The summed E-state index contributed by atoms with van der Waals surface area (Å²) in [5, 5.41) is 14.3. The molecule has 0 aliphatic carbocycles. The number of carboxylic acid groups (broad SMARTS) is 1.